The van der Waals surface area contributed by atoms with E-state index < -0.39 is 6.10 Å². The van der Waals surface area contributed by atoms with E-state index in [2.05, 4.69) is 0 Å². The molecule has 1 atom stereocenters. The van der Waals surface area contributed by atoms with Crippen LogP contribution in [0.2, 0.25) is 10.0 Å². The molecule has 3 nitrogen and oxygen atoms in total. The van der Waals surface area contributed by atoms with Gasteiger partial charge in [-0.1, -0.05) is 29.3 Å². The van der Waals surface area contributed by atoms with E-state index in [4.69, 9.17) is 33.2 Å². The minimum Gasteiger partial charge on any atom is -0.492 e. The van der Waals surface area contributed by atoms with Crippen LogP contribution in [0.1, 0.15) is 12.8 Å². The van der Waals surface area contributed by atoms with Crippen LogP contribution in [0.4, 0.5) is 0 Å². The highest BCUT2D eigenvalue weighted by atomic mass is 35.5. The molecule has 1 aromatic carbocycles. The van der Waals surface area contributed by atoms with E-state index >= 15 is 0 Å². The summed E-state index contributed by atoms with van der Waals surface area (Å²) in [5.74, 6) is 0.485. The summed E-state index contributed by atoms with van der Waals surface area (Å²) in [6.45, 7) is 0.295. The van der Waals surface area contributed by atoms with Gasteiger partial charge in [0.2, 0.25) is 0 Å². The molecule has 0 heterocycles. The van der Waals surface area contributed by atoms with Crippen LogP contribution in [0.3, 0.4) is 0 Å². The number of aliphatic hydroxyl groups is 1. The van der Waals surface area contributed by atoms with Crippen molar-refractivity contribution >= 4 is 23.2 Å². The number of benzene rings is 1. The Morgan fingerprint density at radius 3 is 2.88 bits per heavy atom. The number of rotatable bonds is 5. The van der Waals surface area contributed by atoms with Crippen LogP contribution >= 0.6 is 23.2 Å². The number of halogens is 2. The second-order valence-corrected chi connectivity index (χ2v) is 3.99. The monoisotopic (exact) mass is 259 g/mol. The van der Waals surface area contributed by atoms with Gasteiger partial charge in [0.05, 0.1) is 30.2 Å². The van der Waals surface area contributed by atoms with E-state index in [-0.39, 0.29) is 6.42 Å². The fourth-order valence-corrected chi connectivity index (χ4v) is 1.45. The molecule has 0 aliphatic rings. The minimum absolute atomic E-state index is 0.104. The molecule has 0 radical (unpaired) electrons. The maximum Gasteiger partial charge on any atom is 0.139 e. The first kappa shape index (κ1) is 13.1. The van der Waals surface area contributed by atoms with Crippen LogP contribution in [0.5, 0.6) is 5.75 Å². The summed E-state index contributed by atoms with van der Waals surface area (Å²) in [5.41, 5.74) is 0. The van der Waals surface area contributed by atoms with Crippen LogP contribution in [0, 0.1) is 11.3 Å². The SMILES string of the molecule is N#CCC(O)CCOc1cccc(Cl)c1Cl. The summed E-state index contributed by atoms with van der Waals surface area (Å²) in [4.78, 5) is 0. The fraction of sp³-hybridized carbons (Fsp3) is 0.364. The van der Waals surface area contributed by atoms with E-state index in [1.165, 1.54) is 0 Å². The average molecular weight is 260 g/mol. The molecular formula is C11H11Cl2NO2. The van der Waals surface area contributed by atoms with Crippen molar-refractivity contribution in [3.05, 3.63) is 28.2 Å². The van der Waals surface area contributed by atoms with Crippen LogP contribution in [-0.4, -0.2) is 17.8 Å². The van der Waals surface area contributed by atoms with Gasteiger partial charge < -0.3 is 9.84 Å². The van der Waals surface area contributed by atoms with E-state index in [0.717, 1.165) is 0 Å². The fourth-order valence-electron chi connectivity index (χ4n) is 1.11. The maximum atomic E-state index is 9.29. The van der Waals surface area contributed by atoms with Crippen LogP contribution in [0.15, 0.2) is 18.2 Å². The first-order valence-electron chi connectivity index (χ1n) is 4.77. The first-order chi connectivity index (χ1) is 7.65. The number of ether oxygens (including phenoxy) is 1. The molecule has 86 valence electrons. The molecule has 1 unspecified atom stereocenters. The third kappa shape index (κ3) is 3.90. The van der Waals surface area contributed by atoms with Gasteiger partial charge >= 0.3 is 0 Å². The molecular weight excluding hydrogens is 249 g/mol. The van der Waals surface area contributed by atoms with E-state index in [0.29, 0.717) is 28.8 Å². The molecule has 0 saturated carbocycles. The lowest BCUT2D eigenvalue weighted by molar-refractivity contribution is 0.143. The Morgan fingerprint density at radius 1 is 1.44 bits per heavy atom. The highest BCUT2D eigenvalue weighted by Crippen LogP contribution is 2.31. The molecule has 0 amide bonds. The molecule has 0 saturated heterocycles. The number of aliphatic hydroxyl groups excluding tert-OH is 1. The minimum atomic E-state index is -0.664. The highest BCUT2D eigenvalue weighted by Gasteiger charge is 2.07. The Morgan fingerprint density at radius 2 is 2.19 bits per heavy atom. The van der Waals surface area contributed by atoms with Gasteiger partial charge in [0.25, 0.3) is 0 Å². The molecule has 5 heteroatoms. The smallest absolute Gasteiger partial charge is 0.139 e. The molecule has 1 aromatic rings. The van der Waals surface area contributed by atoms with Crippen LogP contribution in [0.25, 0.3) is 0 Å². The lowest BCUT2D eigenvalue weighted by Crippen LogP contribution is -2.11. The summed E-state index contributed by atoms with van der Waals surface area (Å²) in [5, 5.41) is 18.4. The highest BCUT2D eigenvalue weighted by molar-refractivity contribution is 6.42. The van der Waals surface area contributed by atoms with Crippen LogP contribution < -0.4 is 4.74 Å². The number of nitriles is 1. The van der Waals surface area contributed by atoms with Gasteiger partial charge in [-0.3, -0.25) is 0 Å². The predicted octanol–water partition coefficient (Wildman–Crippen LogP) is 3.04. The third-order valence-corrected chi connectivity index (χ3v) is 2.75. The van der Waals surface area contributed by atoms with Crippen molar-refractivity contribution in [2.45, 2.75) is 18.9 Å². The van der Waals surface area contributed by atoms with Crippen molar-refractivity contribution in [2.75, 3.05) is 6.61 Å². The van der Waals surface area contributed by atoms with Crippen LogP contribution in [-0.2, 0) is 0 Å². The first-order valence-corrected chi connectivity index (χ1v) is 5.52. The number of hydrogen-bond donors (Lipinski definition) is 1. The van der Waals surface area contributed by atoms with E-state index in [1.807, 2.05) is 6.07 Å². The zero-order chi connectivity index (χ0) is 12.0. The van der Waals surface area contributed by atoms with Crippen molar-refractivity contribution in [1.29, 1.82) is 5.26 Å². The van der Waals surface area contributed by atoms with Crippen molar-refractivity contribution in [1.82, 2.24) is 0 Å². The molecule has 0 aromatic heterocycles. The van der Waals surface area contributed by atoms with Gasteiger partial charge in [0, 0.05) is 6.42 Å². The third-order valence-electron chi connectivity index (χ3n) is 1.95. The second-order valence-electron chi connectivity index (χ2n) is 3.21. The zero-order valence-corrected chi connectivity index (χ0v) is 10.0. The number of hydrogen-bond acceptors (Lipinski definition) is 3. The van der Waals surface area contributed by atoms with Crippen molar-refractivity contribution < 1.29 is 9.84 Å². The largest absolute Gasteiger partial charge is 0.492 e. The van der Waals surface area contributed by atoms with E-state index in [1.54, 1.807) is 18.2 Å². The van der Waals surface area contributed by atoms with Gasteiger partial charge in [-0.2, -0.15) is 5.26 Å². The molecule has 0 bridgehead atoms. The normalized spacial score (nSPS) is 11.9. The van der Waals surface area contributed by atoms with Crippen molar-refractivity contribution in [3.8, 4) is 11.8 Å². The lowest BCUT2D eigenvalue weighted by atomic mass is 10.2. The van der Waals surface area contributed by atoms with Gasteiger partial charge in [0.1, 0.15) is 10.8 Å². The van der Waals surface area contributed by atoms with E-state index in [9.17, 15) is 5.11 Å². The summed E-state index contributed by atoms with van der Waals surface area (Å²) < 4.78 is 5.35. The molecule has 0 spiro atoms. The second kappa shape index (κ2) is 6.59. The lowest BCUT2D eigenvalue weighted by Gasteiger charge is -2.10. The topological polar surface area (TPSA) is 53.2 Å². The average Bonchev–Trinajstić information content (AvgIpc) is 2.25. The molecule has 1 N–H and O–H groups in total. The molecule has 0 fully saturated rings. The Kier molecular flexibility index (Phi) is 5.41. The van der Waals surface area contributed by atoms with Gasteiger partial charge in [-0.05, 0) is 12.1 Å². The summed E-state index contributed by atoms with van der Waals surface area (Å²) in [7, 11) is 0. The Labute approximate surface area is 104 Å². The van der Waals surface area contributed by atoms with Gasteiger partial charge in [-0.25, -0.2) is 0 Å². The summed E-state index contributed by atoms with van der Waals surface area (Å²) >= 11 is 11.7. The molecule has 1 rings (SSSR count). The number of nitrogens with zero attached hydrogens (tertiary/aromatic N) is 1. The Bertz CT molecular complexity index is 390. The zero-order valence-electron chi connectivity index (χ0n) is 8.49. The molecule has 0 aliphatic heterocycles. The molecule has 16 heavy (non-hydrogen) atoms. The standard InChI is InChI=1S/C11H11Cl2NO2/c12-9-2-1-3-10(11(9)13)16-7-5-8(15)4-6-14/h1-3,8,15H,4-5,7H2. The molecule has 0 aliphatic carbocycles. The Hall–Kier alpha value is -0.950. The van der Waals surface area contributed by atoms with Crippen molar-refractivity contribution in [3.63, 3.8) is 0 Å². The quantitative estimate of drug-likeness (QED) is 0.885. The Balaban J connectivity index is 2.44. The van der Waals surface area contributed by atoms with Gasteiger partial charge in [-0.15, -0.1) is 0 Å². The predicted molar refractivity (Wildman–Crippen MR) is 62.8 cm³/mol. The summed E-state index contributed by atoms with van der Waals surface area (Å²) in [6, 6.07) is 6.98. The summed E-state index contributed by atoms with van der Waals surface area (Å²) in [6.07, 6.45) is -0.175. The van der Waals surface area contributed by atoms with Gasteiger partial charge in [0.15, 0.2) is 0 Å². The maximum absolute atomic E-state index is 9.29. The van der Waals surface area contributed by atoms with Crippen molar-refractivity contribution in [2.24, 2.45) is 0 Å².